The molecule has 0 aliphatic heterocycles. The van der Waals surface area contributed by atoms with E-state index in [1.165, 1.54) is 43.2 Å². The third-order valence-electron chi connectivity index (χ3n) is 5.07. The Hall–Kier alpha value is -2.35. The Kier molecular flexibility index (Phi) is 4.46. The van der Waals surface area contributed by atoms with E-state index in [1.807, 2.05) is 0 Å². The molecule has 4 rings (SSSR count). The predicted octanol–water partition coefficient (Wildman–Crippen LogP) is 5.79. The minimum absolute atomic E-state index is 0.792. The summed E-state index contributed by atoms with van der Waals surface area (Å²) in [6.45, 7) is 1.09. The molecule has 0 unspecified atom stereocenters. The summed E-state index contributed by atoms with van der Waals surface area (Å²) in [5, 5.41) is 0. The maximum atomic E-state index is 4.87. The van der Waals surface area contributed by atoms with Gasteiger partial charge in [-0.3, -0.25) is 0 Å². The van der Waals surface area contributed by atoms with Gasteiger partial charge in [0.25, 0.3) is 0 Å². The highest BCUT2D eigenvalue weighted by Gasteiger charge is 2.17. The lowest BCUT2D eigenvalue weighted by atomic mass is 9.89. The Morgan fingerprint density at radius 3 is 2.46 bits per heavy atom. The molecule has 1 fully saturated rings. The minimum atomic E-state index is 0.792. The molecule has 24 heavy (non-hydrogen) atoms. The van der Waals surface area contributed by atoms with Gasteiger partial charge in [0.05, 0.1) is 11.0 Å². The van der Waals surface area contributed by atoms with E-state index in [9.17, 15) is 0 Å². The molecule has 0 atom stereocenters. The quantitative estimate of drug-likeness (QED) is 0.596. The summed E-state index contributed by atoms with van der Waals surface area (Å²) in [6, 6.07) is 19.0. The molecule has 0 radical (unpaired) electrons. The molecule has 2 nitrogen and oxygen atoms in total. The van der Waals surface area contributed by atoms with Crippen molar-refractivity contribution in [3.05, 3.63) is 66.0 Å². The largest absolute Gasteiger partial charge is 0.324 e. The first-order chi connectivity index (χ1) is 11.9. The van der Waals surface area contributed by atoms with Crippen LogP contribution >= 0.6 is 0 Å². The molecule has 0 bridgehead atoms. The summed E-state index contributed by atoms with van der Waals surface area (Å²) in [5.41, 5.74) is 3.57. The van der Waals surface area contributed by atoms with Gasteiger partial charge in [0.15, 0.2) is 0 Å². The predicted molar refractivity (Wildman–Crippen MR) is 102 cm³/mol. The van der Waals surface area contributed by atoms with Gasteiger partial charge in [-0.2, -0.15) is 0 Å². The SMILES string of the molecule is C(=C\c1nc2ccccc2n1CC1CCCCC1)/c1ccccc1. The average Bonchev–Trinajstić information content (AvgIpc) is 2.99. The molecule has 1 saturated carbocycles. The van der Waals surface area contributed by atoms with E-state index in [-0.39, 0.29) is 0 Å². The Morgan fingerprint density at radius 1 is 0.875 bits per heavy atom. The Labute approximate surface area is 143 Å². The van der Waals surface area contributed by atoms with Gasteiger partial charge in [0.1, 0.15) is 5.82 Å². The van der Waals surface area contributed by atoms with Gasteiger partial charge in [0.2, 0.25) is 0 Å². The van der Waals surface area contributed by atoms with Crippen molar-refractivity contribution in [2.75, 3.05) is 0 Å². The highest BCUT2D eigenvalue weighted by Crippen LogP contribution is 2.28. The van der Waals surface area contributed by atoms with Crippen LogP contribution in [0, 0.1) is 5.92 Å². The smallest absolute Gasteiger partial charge is 0.133 e. The van der Waals surface area contributed by atoms with Crippen molar-refractivity contribution >= 4 is 23.2 Å². The average molecular weight is 316 g/mol. The molecular weight excluding hydrogens is 292 g/mol. The third-order valence-corrected chi connectivity index (χ3v) is 5.07. The second kappa shape index (κ2) is 7.04. The normalized spacial score (nSPS) is 16.2. The van der Waals surface area contributed by atoms with Crippen molar-refractivity contribution < 1.29 is 0 Å². The molecule has 0 saturated heterocycles. The summed E-state index contributed by atoms with van der Waals surface area (Å²) in [7, 11) is 0. The van der Waals surface area contributed by atoms with E-state index < -0.39 is 0 Å². The highest BCUT2D eigenvalue weighted by molar-refractivity contribution is 5.79. The van der Waals surface area contributed by atoms with E-state index in [2.05, 4.69) is 71.3 Å². The van der Waals surface area contributed by atoms with E-state index >= 15 is 0 Å². The molecule has 0 amide bonds. The highest BCUT2D eigenvalue weighted by atomic mass is 15.1. The van der Waals surface area contributed by atoms with Crippen LogP contribution in [-0.4, -0.2) is 9.55 Å². The van der Waals surface area contributed by atoms with Crippen molar-refractivity contribution in [3.63, 3.8) is 0 Å². The van der Waals surface area contributed by atoms with Crippen LogP contribution in [-0.2, 0) is 6.54 Å². The molecule has 0 spiro atoms. The van der Waals surface area contributed by atoms with Gasteiger partial charge in [-0.15, -0.1) is 0 Å². The lowest BCUT2D eigenvalue weighted by Crippen LogP contribution is -2.15. The Morgan fingerprint density at radius 2 is 1.62 bits per heavy atom. The van der Waals surface area contributed by atoms with Crippen molar-refractivity contribution in [2.24, 2.45) is 5.92 Å². The minimum Gasteiger partial charge on any atom is -0.324 e. The number of rotatable bonds is 4. The number of nitrogens with zero attached hydrogens (tertiary/aromatic N) is 2. The number of benzene rings is 2. The van der Waals surface area contributed by atoms with Crippen molar-refractivity contribution in [3.8, 4) is 0 Å². The first kappa shape index (κ1) is 15.2. The number of hydrogen-bond donors (Lipinski definition) is 0. The van der Waals surface area contributed by atoms with Crippen LogP contribution in [0.25, 0.3) is 23.2 Å². The van der Waals surface area contributed by atoms with Crippen molar-refractivity contribution in [1.82, 2.24) is 9.55 Å². The summed E-state index contributed by atoms with van der Waals surface area (Å²) in [4.78, 5) is 4.87. The van der Waals surface area contributed by atoms with Crippen LogP contribution in [0.2, 0.25) is 0 Å². The molecule has 2 aromatic carbocycles. The maximum Gasteiger partial charge on any atom is 0.133 e. The fourth-order valence-electron chi connectivity index (χ4n) is 3.78. The van der Waals surface area contributed by atoms with Gasteiger partial charge < -0.3 is 4.57 Å². The maximum absolute atomic E-state index is 4.87. The van der Waals surface area contributed by atoms with Crippen LogP contribution in [0.3, 0.4) is 0 Å². The van der Waals surface area contributed by atoms with E-state index in [0.29, 0.717) is 0 Å². The fraction of sp³-hybridized carbons (Fsp3) is 0.318. The summed E-state index contributed by atoms with van der Waals surface area (Å²) >= 11 is 0. The molecule has 2 heteroatoms. The number of para-hydroxylation sites is 2. The molecular formula is C22H24N2. The summed E-state index contributed by atoms with van der Waals surface area (Å²) in [5.74, 6) is 1.87. The zero-order chi connectivity index (χ0) is 16.2. The van der Waals surface area contributed by atoms with Crippen LogP contribution in [0.15, 0.2) is 54.6 Å². The van der Waals surface area contributed by atoms with E-state index in [0.717, 1.165) is 23.8 Å². The molecule has 1 aliphatic carbocycles. The van der Waals surface area contributed by atoms with Gasteiger partial charge in [-0.1, -0.05) is 67.8 Å². The number of aromatic nitrogens is 2. The third kappa shape index (κ3) is 3.28. The molecule has 3 aromatic rings. The van der Waals surface area contributed by atoms with Crippen LogP contribution in [0.1, 0.15) is 43.5 Å². The first-order valence-electron chi connectivity index (χ1n) is 9.08. The second-order valence-electron chi connectivity index (χ2n) is 6.82. The zero-order valence-corrected chi connectivity index (χ0v) is 14.1. The van der Waals surface area contributed by atoms with Gasteiger partial charge in [0, 0.05) is 6.54 Å². The Bertz CT molecular complexity index is 824. The topological polar surface area (TPSA) is 17.8 Å². The van der Waals surface area contributed by atoms with Crippen LogP contribution in [0.5, 0.6) is 0 Å². The zero-order valence-electron chi connectivity index (χ0n) is 14.1. The molecule has 1 aliphatic rings. The summed E-state index contributed by atoms with van der Waals surface area (Å²) in [6.07, 6.45) is 11.2. The molecule has 0 N–H and O–H groups in total. The lowest BCUT2D eigenvalue weighted by molar-refractivity contribution is 0.321. The number of fused-ring (bicyclic) bond motifs is 1. The first-order valence-corrected chi connectivity index (χ1v) is 9.08. The van der Waals surface area contributed by atoms with Crippen LogP contribution in [0.4, 0.5) is 0 Å². The standard InChI is InChI=1S/C22H24N2/c1-3-9-18(10-4-1)15-16-22-23-20-13-7-8-14-21(20)24(22)17-19-11-5-2-6-12-19/h1,3-4,7-10,13-16,19H,2,5-6,11-12,17H2/b16-15+. The lowest BCUT2D eigenvalue weighted by Gasteiger charge is -2.22. The van der Waals surface area contributed by atoms with E-state index in [1.54, 1.807) is 0 Å². The molecule has 1 heterocycles. The molecule has 122 valence electrons. The second-order valence-corrected chi connectivity index (χ2v) is 6.82. The Balaban J connectivity index is 1.68. The monoisotopic (exact) mass is 316 g/mol. The fourth-order valence-corrected chi connectivity index (χ4v) is 3.78. The van der Waals surface area contributed by atoms with E-state index in [4.69, 9.17) is 4.98 Å². The summed E-state index contributed by atoms with van der Waals surface area (Å²) < 4.78 is 2.42. The number of hydrogen-bond acceptors (Lipinski definition) is 1. The van der Waals surface area contributed by atoms with Gasteiger partial charge >= 0.3 is 0 Å². The van der Waals surface area contributed by atoms with Crippen molar-refractivity contribution in [2.45, 2.75) is 38.6 Å². The molecule has 1 aromatic heterocycles. The van der Waals surface area contributed by atoms with Gasteiger partial charge in [-0.05, 0) is 42.5 Å². The van der Waals surface area contributed by atoms with Crippen molar-refractivity contribution in [1.29, 1.82) is 0 Å². The number of imidazole rings is 1. The van der Waals surface area contributed by atoms with Gasteiger partial charge in [-0.25, -0.2) is 4.98 Å². The van der Waals surface area contributed by atoms with Crippen LogP contribution < -0.4 is 0 Å².